The Balaban J connectivity index is 1.76. The van der Waals surface area contributed by atoms with Crippen LogP contribution in [0.3, 0.4) is 0 Å². The maximum Gasteiger partial charge on any atom is 0.412 e. The van der Waals surface area contributed by atoms with Crippen LogP contribution >= 0.6 is 11.8 Å². The second kappa shape index (κ2) is 4.14. The number of amidine groups is 1. The van der Waals surface area contributed by atoms with Crippen molar-refractivity contribution in [3.8, 4) is 0 Å². The SMILES string of the molecule is CC1(C(F)(F)F)SC(=N[C@@H]2C[C@H]3CC[C@@H]2C3)NC1=O. The van der Waals surface area contributed by atoms with Gasteiger partial charge in [0.15, 0.2) is 9.91 Å². The van der Waals surface area contributed by atoms with E-state index >= 15 is 0 Å². The summed E-state index contributed by atoms with van der Waals surface area (Å²) < 4.78 is 36.3. The van der Waals surface area contributed by atoms with Gasteiger partial charge in [-0.05, 0) is 38.0 Å². The number of carbonyl (C=O) groups is 1. The van der Waals surface area contributed by atoms with Crippen molar-refractivity contribution in [1.82, 2.24) is 5.32 Å². The van der Waals surface area contributed by atoms with Crippen molar-refractivity contribution in [1.29, 1.82) is 0 Å². The molecule has 2 saturated carbocycles. The molecule has 1 amide bonds. The van der Waals surface area contributed by atoms with Gasteiger partial charge in [-0.1, -0.05) is 18.2 Å². The van der Waals surface area contributed by atoms with Crippen LogP contribution in [0.2, 0.25) is 0 Å². The first-order valence-electron chi connectivity index (χ1n) is 6.44. The summed E-state index contributed by atoms with van der Waals surface area (Å²) >= 11 is 0.507. The molecule has 2 bridgehead atoms. The molecule has 2 aliphatic carbocycles. The Kier molecular flexibility index (Phi) is 2.89. The summed E-state index contributed by atoms with van der Waals surface area (Å²) in [6.07, 6.45) is -0.148. The molecule has 0 spiro atoms. The first kappa shape index (κ1) is 13.3. The van der Waals surface area contributed by atoms with E-state index in [9.17, 15) is 18.0 Å². The highest BCUT2D eigenvalue weighted by molar-refractivity contribution is 8.16. The molecular weight excluding hydrogens is 277 g/mol. The predicted molar refractivity (Wildman–Crippen MR) is 66.9 cm³/mol. The quantitative estimate of drug-likeness (QED) is 0.807. The van der Waals surface area contributed by atoms with Gasteiger partial charge in [-0.15, -0.1) is 0 Å². The summed E-state index contributed by atoms with van der Waals surface area (Å²) in [6, 6.07) is 0.0946. The molecule has 7 heteroatoms. The van der Waals surface area contributed by atoms with Crippen molar-refractivity contribution in [2.75, 3.05) is 0 Å². The molecule has 1 saturated heterocycles. The number of amides is 1. The Morgan fingerprint density at radius 1 is 1.37 bits per heavy atom. The van der Waals surface area contributed by atoms with Crippen LogP contribution in [0.1, 0.15) is 32.6 Å². The Morgan fingerprint density at radius 2 is 2.11 bits per heavy atom. The van der Waals surface area contributed by atoms with Crippen molar-refractivity contribution in [2.24, 2.45) is 16.8 Å². The number of aliphatic imine (C=N–C) groups is 1. The molecule has 0 aromatic rings. The fourth-order valence-corrected chi connectivity index (χ4v) is 4.22. The van der Waals surface area contributed by atoms with Gasteiger partial charge in [0.2, 0.25) is 0 Å². The monoisotopic (exact) mass is 292 g/mol. The normalized spacial score (nSPS) is 44.1. The largest absolute Gasteiger partial charge is 0.412 e. The van der Waals surface area contributed by atoms with Crippen LogP contribution < -0.4 is 5.32 Å². The van der Waals surface area contributed by atoms with Crippen LogP contribution in [-0.4, -0.2) is 28.0 Å². The van der Waals surface area contributed by atoms with E-state index in [0.717, 1.165) is 26.2 Å². The lowest BCUT2D eigenvalue weighted by Gasteiger charge is -2.22. The average Bonchev–Trinajstić information content (AvgIpc) is 2.94. The Labute approximate surface area is 113 Å². The number of carbonyl (C=O) groups excluding carboxylic acids is 1. The Bertz CT molecular complexity index is 451. The molecule has 106 valence electrons. The third-order valence-electron chi connectivity index (χ3n) is 4.48. The highest BCUT2D eigenvalue weighted by Gasteiger charge is 2.62. The molecule has 3 nitrogen and oxygen atoms in total. The van der Waals surface area contributed by atoms with E-state index < -0.39 is 16.8 Å². The summed E-state index contributed by atoms with van der Waals surface area (Å²) in [4.78, 5) is 15.9. The van der Waals surface area contributed by atoms with E-state index in [0.29, 0.717) is 23.6 Å². The molecule has 3 aliphatic rings. The predicted octanol–water partition coefficient (Wildman–Crippen LogP) is 2.72. The smallest absolute Gasteiger partial charge is 0.304 e. The van der Waals surface area contributed by atoms with E-state index in [1.54, 1.807) is 0 Å². The third-order valence-corrected chi connectivity index (χ3v) is 5.71. The zero-order valence-electron chi connectivity index (χ0n) is 10.5. The van der Waals surface area contributed by atoms with Crippen LogP contribution in [0.25, 0.3) is 0 Å². The second-order valence-electron chi connectivity index (χ2n) is 5.76. The molecule has 1 N–H and O–H groups in total. The first-order chi connectivity index (χ1) is 8.79. The lowest BCUT2D eigenvalue weighted by Crippen LogP contribution is -2.46. The van der Waals surface area contributed by atoms with Gasteiger partial charge in [0, 0.05) is 0 Å². The lowest BCUT2D eigenvalue weighted by atomic mass is 9.96. The minimum Gasteiger partial charge on any atom is -0.304 e. The minimum absolute atomic E-state index is 0.0946. The van der Waals surface area contributed by atoms with Crippen LogP contribution in [-0.2, 0) is 4.79 Å². The van der Waals surface area contributed by atoms with Gasteiger partial charge in [0.05, 0.1) is 6.04 Å². The van der Waals surface area contributed by atoms with Crippen LogP contribution in [0, 0.1) is 11.8 Å². The van der Waals surface area contributed by atoms with Gasteiger partial charge in [-0.3, -0.25) is 9.79 Å². The second-order valence-corrected chi connectivity index (χ2v) is 7.17. The van der Waals surface area contributed by atoms with Crippen molar-refractivity contribution in [3.05, 3.63) is 0 Å². The van der Waals surface area contributed by atoms with E-state index in [1.165, 1.54) is 6.42 Å². The van der Waals surface area contributed by atoms with E-state index in [2.05, 4.69) is 10.3 Å². The number of nitrogens with one attached hydrogen (secondary N) is 1. The third kappa shape index (κ3) is 2.06. The molecule has 1 heterocycles. The summed E-state index contributed by atoms with van der Waals surface area (Å²) in [5.41, 5.74) is 0. The zero-order valence-corrected chi connectivity index (χ0v) is 11.3. The average molecular weight is 292 g/mol. The van der Waals surface area contributed by atoms with Crippen LogP contribution in [0.15, 0.2) is 4.99 Å². The summed E-state index contributed by atoms with van der Waals surface area (Å²) in [6.45, 7) is 0.913. The minimum atomic E-state index is -4.56. The van der Waals surface area contributed by atoms with Gasteiger partial charge < -0.3 is 5.32 Å². The number of fused-ring (bicyclic) bond motifs is 2. The maximum absolute atomic E-state index is 12.9. The molecule has 0 aromatic heterocycles. The lowest BCUT2D eigenvalue weighted by molar-refractivity contribution is -0.166. The number of rotatable bonds is 1. The van der Waals surface area contributed by atoms with E-state index in [4.69, 9.17) is 0 Å². The van der Waals surface area contributed by atoms with Gasteiger partial charge in [-0.2, -0.15) is 13.2 Å². The van der Waals surface area contributed by atoms with Crippen molar-refractivity contribution in [3.63, 3.8) is 0 Å². The van der Waals surface area contributed by atoms with E-state index in [-0.39, 0.29) is 11.2 Å². The molecule has 4 atom stereocenters. The van der Waals surface area contributed by atoms with Crippen molar-refractivity contribution < 1.29 is 18.0 Å². The summed E-state index contributed by atoms with van der Waals surface area (Å²) in [5.74, 6) is 0.162. The summed E-state index contributed by atoms with van der Waals surface area (Å²) in [7, 11) is 0. The van der Waals surface area contributed by atoms with Gasteiger partial charge in [-0.25, -0.2) is 0 Å². The Morgan fingerprint density at radius 3 is 2.58 bits per heavy atom. The van der Waals surface area contributed by atoms with Gasteiger partial charge in [0.25, 0.3) is 5.91 Å². The fourth-order valence-electron chi connectivity index (χ4n) is 3.25. The number of hydrogen-bond acceptors (Lipinski definition) is 3. The van der Waals surface area contributed by atoms with E-state index in [1.807, 2.05) is 0 Å². The molecule has 19 heavy (non-hydrogen) atoms. The topological polar surface area (TPSA) is 41.5 Å². The molecule has 3 rings (SSSR count). The van der Waals surface area contributed by atoms with Crippen molar-refractivity contribution in [2.45, 2.75) is 49.6 Å². The van der Waals surface area contributed by atoms with Crippen LogP contribution in [0.5, 0.6) is 0 Å². The Hall–Kier alpha value is -0.720. The number of alkyl halides is 3. The molecule has 1 unspecified atom stereocenters. The van der Waals surface area contributed by atoms with Gasteiger partial charge >= 0.3 is 6.18 Å². The maximum atomic E-state index is 12.9. The van der Waals surface area contributed by atoms with Crippen molar-refractivity contribution >= 4 is 22.8 Å². The molecule has 0 radical (unpaired) electrons. The number of nitrogens with zero attached hydrogens (tertiary/aromatic N) is 1. The number of hydrogen-bond donors (Lipinski definition) is 1. The number of halogens is 3. The fraction of sp³-hybridized carbons (Fsp3) is 0.833. The molecular formula is C12H15F3N2OS. The van der Waals surface area contributed by atoms with Crippen LogP contribution in [0.4, 0.5) is 13.2 Å². The molecule has 3 fully saturated rings. The first-order valence-corrected chi connectivity index (χ1v) is 7.26. The molecule has 1 aliphatic heterocycles. The number of thioether (sulfide) groups is 1. The highest BCUT2D eigenvalue weighted by Crippen LogP contribution is 2.48. The zero-order chi connectivity index (χ0) is 13.8. The summed E-state index contributed by atoms with van der Waals surface area (Å²) in [5, 5.41) is 2.43. The van der Waals surface area contributed by atoms with Gasteiger partial charge in [0.1, 0.15) is 0 Å². The standard InChI is InChI=1S/C12H15F3N2OS/c1-11(12(13,14)15)9(18)17-10(19-11)16-8-5-6-2-3-7(8)4-6/h6-8H,2-5H2,1H3,(H,16,17,18)/t6-,7+,8+,11?/m0/s1. The molecule has 0 aromatic carbocycles. The highest BCUT2D eigenvalue weighted by atomic mass is 32.2.